The highest BCUT2D eigenvalue weighted by Gasteiger charge is 2.44. The Labute approximate surface area is 226 Å². The van der Waals surface area contributed by atoms with E-state index >= 15 is 0 Å². The van der Waals surface area contributed by atoms with Gasteiger partial charge in [-0.05, 0) is 42.6 Å². The quantitative estimate of drug-likeness (QED) is 0.160. The zero-order chi connectivity index (χ0) is 27.0. The molecule has 4 atom stereocenters. The van der Waals surface area contributed by atoms with E-state index in [0.29, 0.717) is 22.3 Å². The van der Waals surface area contributed by atoms with E-state index in [2.05, 4.69) is 81.0 Å². The lowest BCUT2D eigenvalue weighted by Gasteiger charge is -2.25. The molecule has 0 spiro atoms. The van der Waals surface area contributed by atoms with E-state index in [4.69, 9.17) is 17.0 Å². The number of aromatic nitrogens is 6. The molecule has 12 heteroatoms. The summed E-state index contributed by atoms with van der Waals surface area (Å²) in [7, 11) is 0. The number of hydrogen-bond donors (Lipinski definition) is 5. The number of rotatable bonds is 9. The fourth-order valence-corrected chi connectivity index (χ4v) is 5.08. The van der Waals surface area contributed by atoms with Gasteiger partial charge in [0.05, 0.1) is 23.7 Å². The van der Waals surface area contributed by atoms with Gasteiger partial charge < -0.3 is 35.1 Å². The Balaban J connectivity index is 1.15. The Hall–Kier alpha value is -2.90. The van der Waals surface area contributed by atoms with Crippen LogP contribution in [0.2, 0.25) is 0 Å². The van der Waals surface area contributed by atoms with Crippen LogP contribution in [-0.2, 0) is 10.2 Å². The first-order valence-electron chi connectivity index (χ1n) is 13.0. The van der Waals surface area contributed by atoms with Gasteiger partial charge in [-0.1, -0.05) is 46.0 Å². The van der Waals surface area contributed by atoms with Crippen molar-refractivity contribution in [2.75, 3.05) is 31.5 Å². The lowest BCUT2D eigenvalue weighted by atomic mass is 9.87. The van der Waals surface area contributed by atoms with Crippen LogP contribution < -0.4 is 5.32 Å². The van der Waals surface area contributed by atoms with E-state index in [9.17, 15) is 10.2 Å². The van der Waals surface area contributed by atoms with Crippen LogP contribution in [0.1, 0.15) is 45.9 Å². The average Bonchev–Trinajstić information content (AvgIpc) is 3.57. The Morgan fingerprint density at radius 2 is 2.03 bits per heavy atom. The molecule has 0 radical (unpaired) electrons. The van der Waals surface area contributed by atoms with E-state index in [0.717, 1.165) is 43.0 Å². The van der Waals surface area contributed by atoms with Crippen LogP contribution in [0.5, 0.6) is 0 Å². The molecule has 38 heavy (non-hydrogen) atoms. The minimum absolute atomic E-state index is 0.0838. The number of nitrogens with zero attached hydrogens (tertiary/aromatic N) is 5. The van der Waals surface area contributed by atoms with E-state index < -0.39 is 24.5 Å². The predicted molar refractivity (Wildman–Crippen MR) is 149 cm³/mol. The lowest BCUT2D eigenvalue weighted by molar-refractivity contribution is -0.0437. The molecule has 4 aromatic rings. The topological polar surface area (TPSA) is 140 Å². The molecule has 5 rings (SSSR count). The number of H-pyrrole nitrogens is 2. The largest absolute Gasteiger partial charge is 0.387 e. The number of fused-ring (bicyclic) bond motifs is 2. The molecule has 0 bridgehead atoms. The molecule has 0 aliphatic carbocycles. The van der Waals surface area contributed by atoms with Crippen LogP contribution >= 0.6 is 12.2 Å². The first kappa shape index (κ1) is 26.7. The Morgan fingerprint density at radius 1 is 1.21 bits per heavy atom. The maximum absolute atomic E-state index is 10.8. The molecule has 1 saturated heterocycles. The van der Waals surface area contributed by atoms with Crippen molar-refractivity contribution < 1.29 is 14.9 Å². The molecule has 1 fully saturated rings. The molecule has 1 aromatic carbocycles. The van der Waals surface area contributed by atoms with Gasteiger partial charge in [0.1, 0.15) is 29.5 Å². The van der Waals surface area contributed by atoms with Gasteiger partial charge in [-0.25, -0.2) is 15.0 Å². The van der Waals surface area contributed by atoms with Crippen molar-refractivity contribution >= 4 is 40.4 Å². The highest BCUT2D eigenvalue weighted by atomic mass is 32.1. The zero-order valence-corrected chi connectivity index (χ0v) is 23.0. The number of anilines is 1. The molecule has 204 valence electrons. The molecular weight excluding hydrogens is 504 g/mol. The molecule has 0 saturated carbocycles. The first-order valence-corrected chi connectivity index (χ1v) is 13.4. The van der Waals surface area contributed by atoms with Gasteiger partial charge in [-0.2, -0.15) is 0 Å². The van der Waals surface area contributed by atoms with E-state index in [1.54, 1.807) is 10.9 Å². The summed E-state index contributed by atoms with van der Waals surface area (Å²) in [5.74, 6) is 0.761. The van der Waals surface area contributed by atoms with Gasteiger partial charge in [0.15, 0.2) is 10.9 Å². The molecule has 5 N–H and O–H groups in total. The van der Waals surface area contributed by atoms with Gasteiger partial charge in [0, 0.05) is 13.1 Å². The third-order valence-electron chi connectivity index (χ3n) is 7.17. The fraction of sp³-hybridized carbons (Fsp3) is 0.538. The normalized spacial score (nSPS) is 22.2. The molecule has 1 aliphatic heterocycles. The molecule has 1 aliphatic rings. The Kier molecular flexibility index (Phi) is 7.51. The molecule has 3 aromatic heterocycles. The number of ether oxygens (including phenoxy) is 1. The molecule has 0 amide bonds. The number of imidazole rings is 2. The van der Waals surface area contributed by atoms with Gasteiger partial charge in [-0.3, -0.25) is 4.57 Å². The van der Waals surface area contributed by atoms with Crippen LogP contribution in [0.3, 0.4) is 0 Å². The summed E-state index contributed by atoms with van der Waals surface area (Å²) in [5.41, 5.74) is 4.45. The van der Waals surface area contributed by atoms with E-state index in [1.165, 1.54) is 11.9 Å². The second-order valence-electron chi connectivity index (χ2n) is 10.8. The number of benzene rings is 1. The summed E-state index contributed by atoms with van der Waals surface area (Å²) in [4.78, 5) is 21.6. The third-order valence-corrected chi connectivity index (χ3v) is 7.47. The monoisotopic (exact) mass is 540 g/mol. The molecular formula is C26H36N8O3S. The second-order valence-corrected chi connectivity index (χ2v) is 11.2. The number of aliphatic hydroxyl groups excluding tert-OH is 2. The van der Waals surface area contributed by atoms with Crippen LogP contribution in [0.4, 0.5) is 5.95 Å². The summed E-state index contributed by atoms with van der Waals surface area (Å²) in [5, 5.41) is 24.9. The Bertz CT molecular complexity index is 1460. The zero-order valence-electron chi connectivity index (χ0n) is 22.2. The summed E-state index contributed by atoms with van der Waals surface area (Å²) in [6.07, 6.45) is 0.468. The summed E-state index contributed by atoms with van der Waals surface area (Å²) < 4.78 is 8.16. The predicted octanol–water partition coefficient (Wildman–Crippen LogP) is 3.11. The van der Waals surface area contributed by atoms with Crippen molar-refractivity contribution in [1.82, 2.24) is 34.4 Å². The highest BCUT2D eigenvalue weighted by Crippen LogP contribution is 2.32. The van der Waals surface area contributed by atoms with Crippen LogP contribution in [-0.4, -0.2) is 89.1 Å². The Morgan fingerprint density at radius 3 is 2.79 bits per heavy atom. The number of aliphatic hydroxyl groups is 2. The smallest absolute Gasteiger partial charge is 0.201 e. The first-order chi connectivity index (χ1) is 18.2. The second kappa shape index (κ2) is 10.7. The maximum atomic E-state index is 10.8. The van der Waals surface area contributed by atoms with Crippen molar-refractivity contribution in [2.45, 2.75) is 64.1 Å². The van der Waals surface area contributed by atoms with Crippen molar-refractivity contribution in [3.05, 3.63) is 41.1 Å². The minimum atomic E-state index is -1.10. The van der Waals surface area contributed by atoms with Gasteiger partial charge in [0.2, 0.25) is 5.95 Å². The standard InChI is InChI=1S/C26H36N8O3S/c1-5-33(10-6-9-27-25-31-16-8-7-15(26(2,3)4)11-17(16)32-25)12-18-20(35)21(36)24(37-18)34-14-30-19-22(34)28-13-29-23(19)38/h7-8,11,13-14,18,20-21,24,35-36H,5-6,9-10,12H2,1-4H3,(H2,27,31,32)(H,28,29,38). The third kappa shape index (κ3) is 5.32. The van der Waals surface area contributed by atoms with Crippen LogP contribution in [0, 0.1) is 4.64 Å². The van der Waals surface area contributed by atoms with Crippen molar-refractivity contribution in [2.24, 2.45) is 0 Å². The highest BCUT2D eigenvalue weighted by molar-refractivity contribution is 7.71. The molecule has 4 heterocycles. The minimum Gasteiger partial charge on any atom is -0.387 e. The maximum Gasteiger partial charge on any atom is 0.201 e. The summed E-state index contributed by atoms with van der Waals surface area (Å²) in [6, 6.07) is 6.36. The number of nitrogens with one attached hydrogen (secondary N) is 3. The molecule has 4 unspecified atom stereocenters. The van der Waals surface area contributed by atoms with Gasteiger partial charge in [-0.15, -0.1) is 0 Å². The summed E-state index contributed by atoms with van der Waals surface area (Å²) in [6.45, 7) is 11.5. The fourth-order valence-electron chi connectivity index (χ4n) is 4.88. The summed E-state index contributed by atoms with van der Waals surface area (Å²) >= 11 is 5.23. The molecule has 11 nitrogen and oxygen atoms in total. The van der Waals surface area contributed by atoms with Crippen molar-refractivity contribution in [1.29, 1.82) is 0 Å². The number of likely N-dealkylation sites (N-methyl/N-ethyl adjacent to an activating group) is 1. The number of hydrogen-bond acceptors (Lipinski definition) is 9. The van der Waals surface area contributed by atoms with Crippen molar-refractivity contribution in [3.8, 4) is 0 Å². The SMILES string of the molecule is CCN(CCCNc1nc2ccc(C(C)(C)C)cc2[nH]1)CC1OC(n2cnc3c(=S)nc[nH]c32)C(O)C1O. The van der Waals surface area contributed by atoms with Crippen LogP contribution in [0.15, 0.2) is 30.9 Å². The van der Waals surface area contributed by atoms with Crippen LogP contribution in [0.25, 0.3) is 22.2 Å². The van der Waals surface area contributed by atoms with Gasteiger partial charge in [0.25, 0.3) is 0 Å². The van der Waals surface area contributed by atoms with Crippen molar-refractivity contribution in [3.63, 3.8) is 0 Å². The average molecular weight is 541 g/mol. The van der Waals surface area contributed by atoms with E-state index in [1.807, 2.05) is 0 Å². The van der Waals surface area contributed by atoms with Gasteiger partial charge >= 0.3 is 0 Å². The lowest BCUT2D eigenvalue weighted by Crippen LogP contribution is -2.40. The number of aromatic amines is 2. The van der Waals surface area contributed by atoms with E-state index in [-0.39, 0.29) is 5.41 Å².